The lowest BCUT2D eigenvalue weighted by molar-refractivity contribution is 0.0696. The first-order chi connectivity index (χ1) is 9.65. The van der Waals surface area contributed by atoms with E-state index < -0.39 is 11.8 Å². The molecule has 6 heteroatoms. The van der Waals surface area contributed by atoms with E-state index in [4.69, 9.17) is 0 Å². The molecule has 5 nitrogen and oxygen atoms in total. The number of pyridine rings is 1. The maximum atomic E-state index is 13.2. The van der Waals surface area contributed by atoms with Gasteiger partial charge in [0.05, 0.1) is 6.20 Å². The lowest BCUT2D eigenvalue weighted by atomic mass is 10.2. The minimum Gasteiger partial charge on any atom is -0.478 e. The van der Waals surface area contributed by atoms with Gasteiger partial charge in [0.1, 0.15) is 17.2 Å². The van der Waals surface area contributed by atoms with Crippen LogP contribution in [-0.4, -0.2) is 53.2 Å². The Morgan fingerprint density at radius 3 is 2.80 bits per heavy atom. The van der Waals surface area contributed by atoms with Crippen LogP contribution in [-0.2, 0) is 0 Å². The summed E-state index contributed by atoms with van der Waals surface area (Å²) in [4.78, 5) is 19.6. The Labute approximate surface area is 117 Å². The molecule has 0 aliphatic carbocycles. The van der Waals surface area contributed by atoms with Crippen LogP contribution < -0.4 is 4.90 Å². The van der Waals surface area contributed by atoms with Crippen molar-refractivity contribution in [2.75, 3.05) is 31.1 Å². The number of carboxylic acid groups (broad SMARTS) is 1. The number of likely N-dealkylation sites (tertiary alicyclic amines) is 1. The number of hydrogen-bond donors (Lipinski definition) is 1. The number of rotatable bonds is 3. The molecule has 2 fully saturated rings. The summed E-state index contributed by atoms with van der Waals surface area (Å²) in [5.74, 6) is -1.35. The minimum atomic E-state index is -1.13. The number of nitrogens with zero attached hydrogens (tertiary/aromatic N) is 3. The number of anilines is 1. The molecule has 2 aliphatic rings. The van der Waals surface area contributed by atoms with E-state index in [0.717, 1.165) is 44.9 Å². The Morgan fingerprint density at radius 2 is 2.10 bits per heavy atom. The maximum absolute atomic E-state index is 13.2. The fourth-order valence-corrected chi connectivity index (χ4v) is 3.18. The molecule has 1 unspecified atom stereocenters. The lowest BCUT2D eigenvalue weighted by Gasteiger charge is -2.24. The van der Waals surface area contributed by atoms with Gasteiger partial charge in [0.15, 0.2) is 0 Å². The highest BCUT2D eigenvalue weighted by molar-refractivity contribution is 5.93. The second-order valence-corrected chi connectivity index (χ2v) is 5.46. The van der Waals surface area contributed by atoms with Gasteiger partial charge >= 0.3 is 5.97 Å². The van der Waals surface area contributed by atoms with Gasteiger partial charge in [0.25, 0.3) is 0 Å². The standard InChI is InChI=1S/C14H18FN3O2/c15-10-7-12(14(19)20)13(16-8-10)18-6-3-11(9-18)17-4-1-2-5-17/h7-8,11H,1-6,9H2,(H,19,20). The summed E-state index contributed by atoms with van der Waals surface area (Å²) in [5, 5.41) is 9.18. The van der Waals surface area contributed by atoms with Crippen molar-refractivity contribution in [3.8, 4) is 0 Å². The molecule has 3 heterocycles. The first-order valence-corrected chi connectivity index (χ1v) is 7.03. The normalized spacial score (nSPS) is 23.4. The number of halogens is 1. The van der Waals surface area contributed by atoms with Crippen LogP contribution in [0.1, 0.15) is 29.6 Å². The van der Waals surface area contributed by atoms with Crippen molar-refractivity contribution >= 4 is 11.8 Å². The van der Waals surface area contributed by atoms with Gasteiger partial charge in [-0.15, -0.1) is 0 Å². The van der Waals surface area contributed by atoms with Gasteiger partial charge in [-0.2, -0.15) is 0 Å². The highest BCUT2D eigenvalue weighted by atomic mass is 19.1. The molecule has 1 aromatic heterocycles. The van der Waals surface area contributed by atoms with Crippen molar-refractivity contribution in [2.45, 2.75) is 25.3 Å². The molecule has 1 N–H and O–H groups in total. The number of aromatic nitrogens is 1. The summed E-state index contributed by atoms with van der Waals surface area (Å²) in [5.41, 5.74) is -0.0490. The zero-order valence-corrected chi connectivity index (χ0v) is 11.3. The van der Waals surface area contributed by atoms with Crippen LogP contribution in [0, 0.1) is 5.82 Å². The molecule has 0 spiro atoms. The van der Waals surface area contributed by atoms with Crippen LogP contribution >= 0.6 is 0 Å². The summed E-state index contributed by atoms with van der Waals surface area (Å²) < 4.78 is 13.2. The topological polar surface area (TPSA) is 56.7 Å². The van der Waals surface area contributed by atoms with Crippen molar-refractivity contribution in [1.82, 2.24) is 9.88 Å². The minimum absolute atomic E-state index is 0.0490. The Kier molecular flexibility index (Phi) is 3.56. The van der Waals surface area contributed by atoms with Crippen LogP contribution in [0.15, 0.2) is 12.3 Å². The van der Waals surface area contributed by atoms with Crippen molar-refractivity contribution < 1.29 is 14.3 Å². The number of hydrogen-bond acceptors (Lipinski definition) is 4. The zero-order valence-electron chi connectivity index (χ0n) is 11.3. The molecule has 1 aromatic rings. The third kappa shape index (κ3) is 2.47. The Balaban J connectivity index is 1.78. The van der Waals surface area contributed by atoms with Gasteiger partial charge in [-0.05, 0) is 38.4 Å². The average Bonchev–Trinajstić information content (AvgIpc) is 3.09. The fourth-order valence-electron chi connectivity index (χ4n) is 3.18. The summed E-state index contributed by atoms with van der Waals surface area (Å²) in [7, 11) is 0. The number of carboxylic acids is 1. The second-order valence-electron chi connectivity index (χ2n) is 5.46. The highest BCUT2D eigenvalue weighted by Gasteiger charge is 2.31. The van der Waals surface area contributed by atoms with Crippen molar-refractivity contribution in [3.63, 3.8) is 0 Å². The molecule has 0 radical (unpaired) electrons. The van der Waals surface area contributed by atoms with Crippen LogP contribution in [0.25, 0.3) is 0 Å². The van der Waals surface area contributed by atoms with Gasteiger partial charge in [-0.1, -0.05) is 0 Å². The first-order valence-electron chi connectivity index (χ1n) is 7.03. The number of aromatic carboxylic acids is 1. The monoisotopic (exact) mass is 279 g/mol. The van der Waals surface area contributed by atoms with Crippen molar-refractivity contribution in [3.05, 3.63) is 23.6 Å². The molecular weight excluding hydrogens is 261 g/mol. The molecule has 0 amide bonds. The molecule has 0 bridgehead atoms. The van der Waals surface area contributed by atoms with Gasteiger partial charge in [0, 0.05) is 19.1 Å². The molecule has 0 saturated carbocycles. The van der Waals surface area contributed by atoms with E-state index in [2.05, 4.69) is 9.88 Å². The smallest absolute Gasteiger partial charge is 0.339 e. The molecule has 3 rings (SSSR count). The van der Waals surface area contributed by atoms with Crippen molar-refractivity contribution in [2.24, 2.45) is 0 Å². The fraction of sp³-hybridized carbons (Fsp3) is 0.571. The van der Waals surface area contributed by atoms with Crippen LogP contribution in [0.2, 0.25) is 0 Å². The second kappa shape index (κ2) is 5.36. The molecule has 2 aliphatic heterocycles. The van der Waals surface area contributed by atoms with Crippen LogP contribution in [0.4, 0.5) is 10.2 Å². The summed E-state index contributed by atoms with van der Waals surface area (Å²) in [6.45, 7) is 3.81. The summed E-state index contributed by atoms with van der Waals surface area (Å²) in [6.07, 6.45) is 4.58. The predicted molar refractivity (Wildman–Crippen MR) is 72.6 cm³/mol. The largest absolute Gasteiger partial charge is 0.478 e. The molecule has 108 valence electrons. The molecule has 0 aromatic carbocycles. The summed E-state index contributed by atoms with van der Waals surface area (Å²) >= 11 is 0. The Morgan fingerprint density at radius 1 is 1.35 bits per heavy atom. The number of carbonyl (C=O) groups is 1. The van der Waals surface area contributed by atoms with E-state index in [9.17, 15) is 14.3 Å². The third-order valence-corrected chi connectivity index (χ3v) is 4.18. The highest BCUT2D eigenvalue weighted by Crippen LogP contribution is 2.26. The molecule has 2 saturated heterocycles. The SMILES string of the molecule is O=C(O)c1cc(F)cnc1N1CCC(N2CCCC2)C1. The summed E-state index contributed by atoms with van der Waals surface area (Å²) in [6, 6.07) is 1.51. The maximum Gasteiger partial charge on any atom is 0.339 e. The van der Waals surface area contributed by atoms with Crippen LogP contribution in [0.3, 0.4) is 0 Å². The first kappa shape index (κ1) is 13.3. The van der Waals surface area contributed by atoms with E-state index in [1.807, 2.05) is 4.90 Å². The molecule has 20 heavy (non-hydrogen) atoms. The van der Waals surface area contributed by atoms with Crippen molar-refractivity contribution in [1.29, 1.82) is 0 Å². The van der Waals surface area contributed by atoms with Gasteiger partial charge in [0.2, 0.25) is 0 Å². The molecular formula is C14H18FN3O2. The van der Waals surface area contributed by atoms with E-state index in [1.54, 1.807) is 0 Å². The predicted octanol–water partition coefficient (Wildman–Crippen LogP) is 1.59. The average molecular weight is 279 g/mol. The van der Waals surface area contributed by atoms with E-state index in [0.29, 0.717) is 11.9 Å². The van der Waals surface area contributed by atoms with Gasteiger partial charge < -0.3 is 10.0 Å². The van der Waals surface area contributed by atoms with E-state index in [-0.39, 0.29) is 5.56 Å². The Hall–Kier alpha value is -1.69. The lowest BCUT2D eigenvalue weighted by Crippen LogP contribution is -2.35. The van der Waals surface area contributed by atoms with E-state index >= 15 is 0 Å². The van der Waals surface area contributed by atoms with Gasteiger partial charge in [-0.3, -0.25) is 4.90 Å². The van der Waals surface area contributed by atoms with E-state index in [1.165, 1.54) is 12.8 Å². The quantitative estimate of drug-likeness (QED) is 0.910. The third-order valence-electron chi connectivity index (χ3n) is 4.18. The Bertz CT molecular complexity index is 517. The zero-order chi connectivity index (χ0) is 14.1. The van der Waals surface area contributed by atoms with Crippen LogP contribution in [0.5, 0.6) is 0 Å². The van der Waals surface area contributed by atoms with Gasteiger partial charge in [-0.25, -0.2) is 14.2 Å². The molecule has 1 atom stereocenters.